The molecule has 0 aromatic heterocycles. The Morgan fingerprint density at radius 3 is 2.33 bits per heavy atom. The van der Waals surface area contributed by atoms with E-state index in [0.717, 1.165) is 0 Å². The Morgan fingerprint density at radius 1 is 1.07 bits per heavy atom. The van der Waals surface area contributed by atoms with Crippen LogP contribution in [0.5, 0.6) is 0 Å². The molecule has 3 heterocycles. The van der Waals surface area contributed by atoms with Gasteiger partial charge in [0.15, 0.2) is 5.78 Å². The predicted octanol–water partition coefficient (Wildman–Crippen LogP) is 2.67. The molecule has 3 aliphatic heterocycles. The number of benzene rings is 1. The van der Waals surface area contributed by atoms with Crippen molar-refractivity contribution in [2.24, 2.45) is 22.4 Å². The molecule has 2 amide bonds. The van der Waals surface area contributed by atoms with Crippen LogP contribution >= 0.6 is 11.6 Å². The van der Waals surface area contributed by atoms with Crippen molar-refractivity contribution in [3.63, 3.8) is 0 Å². The number of hydrazone groups is 1. The monoisotopic (exact) mass is 385 g/mol. The summed E-state index contributed by atoms with van der Waals surface area (Å²) in [6.07, 6.45) is 5.19. The molecule has 0 radical (unpaired) electrons. The van der Waals surface area contributed by atoms with Gasteiger partial charge in [-0.1, -0.05) is 38.4 Å². The average molecular weight is 386 g/mol. The lowest BCUT2D eigenvalue weighted by Crippen LogP contribution is -2.49. The van der Waals surface area contributed by atoms with E-state index in [-0.39, 0.29) is 17.6 Å². The van der Waals surface area contributed by atoms with Crippen LogP contribution in [-0.4, -0.2) is 40.9 Å². The van der Waals surface area contributed by atoms with Crippen molar-refractivity contribution < 1.29 is 14.4 Å². The molecule has 0 unspecified atom stereocenters. The maximum Gasteiger partial charge on any atom is 0.240 e. The molecular weight excluding hydrogens is 366 g/mol. The molecule has 0 N–H and O–H groups in total. The Kier molecular flexibility index (Phi) is 4.00. The minimum atomic E-state index is -0.755. The predicted molar refractivity (Wildman–Crippen MR) is 102 cm³/mol. The number of hydrogen-bond acceptors (Lipinski definition) is 5. The number of carbonyl (C=O) groups is 3. The lowest BCUT2D eigenvalue weighted by atomic mass is 9.80. The van der Waals surface area contributed by atoms with E-state index < -0.39 is 29.3 Å². The number of hydrogen-bond donors (Lipinski definition) is 0. The Balaban J connectivity index is 1.79. The van der Waals surface area contributed by atoms with Crippen molar-refractivity contribution in [3.8, 4) is 0 Å². The molecular formula is C20H20ClN3O3. The largest absolute Gasteiger partial charge is 0.297 e. The number of anilines is 1. The molecule has 1 aromatic carbocycles. The van der Waals surface area contributed by atoms with Gasteiger partial charge >= 0.3 is 0 Å². The number of Topliss-reactive ketones (excluding diaryl/α,β-unsaturated/α-hetero) is 1. The molecule has 4 atom stereocenters. The van der Waals surface area contributed by atoms with Crippen molar-refractivity contribution in [3.05, 3.63) is 41.4 Å². The summed E-state index contributed by atoms with van der Waals surface area (Å²) in [5.74, 6) is -2.12. The van der Waals surface area contributed by atoms with Gasteiger partial charge < -0.3 is 0 Å². The van der Waals surface area contributed by atoms with E-state index in [9.17, 15) is 14.4 Å². The standard InChI is InChI=1S/C20H20ClN3O3/c1-20(2,3)17(25)16-15-14(13-5-4-10-22-24(13)16)18(26)23(19(15)27)12-8-6-11(21)7-9-12/h4-10,13-16H,1-3H3/t13-,14-,15-,16-/m0/s1. The van der Waals surface area contributed by atoms with Gasteiger partial charge in [-0.25, -0.2) is 4.90 Å². The lowest BCUT2D eigenvalue weighted by molar-refractivity contribution is -0.136. The second-order valence-corrected chi connectivity index (χ2v) is 8.56. The van der Waals surface area contributed by atoms with Crippen LogP contribution in [0.4, 0.5) is 5.69 Å². The number of carbonyl (C=O) groups excluding carboxylic acids is 3. The van der Waals surface area contributed by atoms with Crippen molar-refractivity contribution >= 4 is 41.1 Å². The molecule has 3 aliphatic rings. The number of amides is 2. The highest BCUT2D eigenvalue weighted by atomic mass is 35.5. The number of imide groups is 1. The number of fused-ring (bicyclic) bond motifs is 3. The second kappa shape index (κ2) is 6.02. The quantitative estimate of drug-likeness (QED) is 0.734. The first-order chi connectivity index (χ1) is 12.7. The lowest BCUT2D eigenvalue weighted by Gasteiger charge is -2.33. The summed E-state index contributed by atoms with van der Waals surface area (Å²) in [6, 6.07) is 5.42. The molecule has 6 nitrogen and oxygen atoms in total. The molecule has 4 rings (SSSR count). The van der Waals surface area contributed by atoms with Gasteiger partial charge in [0.05, 0.1) is 23.6 Å². The van der Waals surface area contributed by atoms with Gasteiger partial charge in [0, 0.05) is 16.7 Å². The van der Waals surface area contributed by atoms with E-state index >= 15 is 0 Å². The van der Waals surface area contributed by atoms with Crippen LogP contribution in [0.15, 0.2) is 41.5 Å². The molecule has 0 bridgehead atoms. The first-order valence-corrected chi connectivity index (χ1v) is 9.26. The molecule has 0 spiro atoms. The van der Waals surface area contributed by atoms with Crippen LogP contribution in [0.1, 0.15) is 20.8 Å². The summed E-state index contributed by atoms with van der Waals surface area (Å²) in [5, 5.41) is 6.49. The van der Waals surface area contributed by atoms with E-state index in [0.29, 0.717) is 10.7 Å². The van der Waals surface area contributed by atoms with E-state index in [1.54, 1.807) is 41.6 Å². The van der Waals surface area contributed by atoms with Gasteiger partial charge in [0.25, 0.3) is 0 Å². The van der Waals surface area contributed by atoms with E-state index in [2.05, 4.69) is 5.10 Å². The Morgan fingerprint density at radius 2 is 1.70 bits per heavy atom. The molecule has 0 aliphatic carbocycles. The van der Waals surface area contributed by atoms with Crippen molar-refractivity contribution in [2.75, 3.05) is 4.90 Å². The average Bonchev–Trinajstić information content (AvgIpc) is 3.08. The van der Waals surface area contributed by atoms with Crippen molar-refractivity contribution in [2.45, 2.75) is 32.9 Å². The highest BCUT2D eigenvalue weighted by Gasteiger charge is 2.64. The molecule has 27 heavy (non-hydrogen) atoms. The molecule has 7 heteroatoms. The number of rotatable bonds is 2. The first-order valence-electron chi connectivity index (χ1n) is 8.88. The maximum absolute atomic E-state index is 13.3. The van der Waals surface area contributed by atoms with Crippen LogP contribution in [0.2, 0.25) is 5.02 Å². The number of ketones is 1. The molecule has 2 saturated heterocycles. The van der Waals surface area contributed by atoms with E-state index in [4.69, 9.17) is 11.6 Å². The Labute approximate surface area is 162 Å². The zero-order valence-electron chi connectivity index (χ0n) is 15.3. The van der Waals surface area contributed by atoms with Gasteiger partial charge in [0.2, 0.25) is 11.8 Å². The number of allylic oxidation sites excluding steroid dienone is 1. The van der Waals surface area contributed by atoms with Crippen LogP contribution in [0.25, 0.3) is 0 Å². The minimum absolute atomic E-state index is 0.0912. The Bertz CT molecular complexity index is 885. The van der Waals surface area contributed by atoms with Gasteiger partial charge in [-0.15, -0.1) is 0 Å². The maximum atomic E-state index is 13.3. The van der Waals surface area contributed by atoms with Crippen LogP contribution < -0.4 is 4.90 Å². The van der Waals surface area contributed by atoms with Gasteiger partial charge in [0.1, 0.15) is 6.04 Å². The van der Waals surface area contributed by atoms with Crippen LogP contribution in [0.3, 0.4) is 0 Å². The molecule has 2 fully saturated rings. The normalized spacial score (nSPS) is 29.3. The van der Waals surface area contributed by atoms with Crippen molar-refractivity contribution in [1.82, 2.24) is 5.01 Å². The van der Waals surface area contributed by atoms with E-state index in [1.165, 1.54) is 4.90 Å². The zero-order valence-corrected chi connectivity index (χ0v) is 16.1. The van der Waals surface area contributed by atoms with Gasteiger partial charge in [-0.05, 0) is 30.3 Å². The third-order valence-electron chi connectivity index (χ3n) is 5.38. The number of halogens is 1. The molecule has 1 aromatic rings. The highest BCUT2D eigenvalue weighted by Crippen LogP contribution is 2.47. The molecule has 0 saturated carbocycles. The summed E-state index contributed by atoms with van der Waals surface area (Å²) in [7, 11) is 0. The zero-order chi connectivity index (χ0) is 19.5. The first kappa shape index (κ1) is 17.9. The fourth-order valence-corrected chi connectivity index (χ4v) is 4.25. The van der Waals surface area contributed by atoms with Crippen molar-refractivity contribution in [1.29, 1.82) is 0 Å². The van der Waals surface area contributed by atoms with Crippen LogP contribution in [0, 0.1) is 17.3 Å². The fraction of sp³-hybridized carbons (Fsp3) is 0.400. The fourth-order valence-electron chi connectivity index (χ4n) is 4.13. The summed E-state index contributed by atoms with van der Waals surface area (Å²) in [6.45, 7) is 5.46. The summed E-state index contributed by atoms with van der Waals surface area (Å²) < 4.78 is 0. The number of nitrogens with zero attached hydrogens (tertiary/aromatic N) is 3. The van der Waals surface area contributed by atoms with Crippen LogP contribution in [-0.2, 0) is 14.4 Å². The Hall–Kier alpha value is -2.47. The highest BCUT2D eigenvalue weighted by molar-refractivity contribution is 6.31. The van der Waals surface area contributed by atoms with Gasteiger partial charge in [-0.3, -0.25) is 19.4 Å². The third kappa shape index (κ3) is 2.62. The smallest absolute Gasteiger partial charge is 0.240 e. The summed E-state index contributed by atoms with van der Waals surface area (Å²) in [4.78, 5) is 40.8. The second-order valence-electron chi connectivity index (χ2n) is 8.12. The summed E-state index contributed by atoms with van der Waals surface area (Å²) >= 11 is 5.93. The van der Waals surface area contributed by atoms with Gasteiger partial charge in [-0.2, -0.15) is 5.10 Å². The third-order valence-corrected chi connectivity index (χ3v) is 5.64. The molecule has 140 valence electrons. The van der Waals surface area contributed by atoms with E-state index in [1.807, 2.05) is 26.8 Å². The topological polar surface area (TPSA) is 70.0 Å². The minimum Gasteiger partial charge on any atom is -0.297 e. The summed E-state index contributed by atoms with van der Waals surface area (Å²) in [5.41, 5.74) is -0.182. The SMILES string of the molecule is CC(C)(C)C(=O)[C@@H]1[C@H]2C(=O)N(c3ccc(Cl)cc3)C(=O)[C@H]2[C@@H]2C=CC=NN12.